The second kappa shape index (κ2) is 8.35. The van der Waals surface area contributed by atoms with E-state index in [-0.39, 0.29) is 18.5 Å². The Kier molecular flexibility index (Phi) is 5.91. The van der Waals surface area contributed by atoms with Crippen LogP contribution in [-0.2, 0) is 17.8 Å². The molecule has 142 valence electrons. The molecule has 1 amide bonds. The SMILES string of the molecule is CCCc1nn(CC(=O)N(c2ccccc2)C(C)C)c(=S)n1-n1cccc1. The molecule has 0 spiro atoms. The number of aryl methyl sites for hydroxylation is 1. The number of carbonyl (C=O) groups excluding carboxylic acids is 1. The van der Waals surface area contributed by atoms with Crippen LogP contribution in [0.1, 0.15) is 33.0 Å². The zero-order chi connectivity index (χ0) is 19.4. The Bertz CT molecular complexity index is 941. The standard InChI is InChI=1S/C20H25N5OS/c1-4-10-18-21-23(20(27)25(18)22-13-8-9-14-22)15-19(26)24(16(2)3)17-11-6-5-7-12-17/h5-9,11-14,16H,4,10,15H2,1-3H3. The van der Waals surface area contributed by atoms with Crippen LogP contribution in [0, 0.1) is 4.77 Å². The van der Waals surface area contributed by atoms with Crippen LogP contribution < -0.4 is 4.90 Å². The van der Waals surface area contributed by atoms with Gasteiger partial charge < -0.3 is 4.90 Å². The quantitative estimate of drug-likeness (QED) is 0.581. The Balaban J connectivity index is 1.94. The van der Waals surface area contributed by atoms with E-state index in [2.05, 4.69) is 12.0 Å². The fraction of sp³-hybridized carbons (Fsp3) is 0.350. The molecule has 0 saturated heterocycles. The van der Waals surface area contributed by atoms with Gasteiger partial charge in [-0.05, 0) is 56.8 Å². The number of rotatable bonds is 7. The summed E-state index contributed by atoms with van der Waals surface area (Å²) in [5, 5.41) is 4.64. The minimum atomic E-state index is -0.0347. The highest BCUT2D eigenvalue weighted by Crippen LogP contribution is 2.17. The number of benzene rings is 1. The van der Waals surface area contributed by atoms with Gasteiger partial charge in [0.05, 0.1) is 0 Å². The van der Waals surface area contributed by atoms with Crippen LogP contribution in [0.3, 0.4) is 0 Å². The van der Waals surface area contributed by atoms with Gasteiger partial charge in [0.1, 0.15) is 6.54 Å². The van der Waals surface area contributed by atoms with Gasteiger partial charge in [0, 0.05) is 30.5 Å². The first-order chi connectivity index (χ1) is 13.0. The molecule has 0 N–H and O–H groups in total. The maximum Gasteiger partial charge on any atom is 0.249 e. The molecule has 3 aromatic rings. The summed E-state index contributed by atoms with van der Waals surface area (Å²) in [6.07, 6.45) is 5.58. The van der Waals surface area contributed by atoms with Crippen molar-refractivity contribution >= 4 is 23.8 Å². The first-order valence-corrected chi connectivity index (χ1v) is 9.63. The third-order valence-corrected chi connectivity index (χ3v) is 4.66. The summed E-state index contributed by atoms with van der Waals surface area (Å²) >= 11 is 5.63. The Morgan fingerprint density at radius 2 is 1.81 bits per heavy atom. The van der Waals surface area contributed by atoms with Gasteiger partial charge in [-0.15, -0.1) is 0 Å². The number of hydrogen-bond acceptors (Lipinski definition) is 3. The molecule has 0 aliphatic rings. The van der Waals surface area contributed by atoms with E-state index < -0.39 is 0 Å². The summed E-state index contributed by atoms with van der Waals surface area (Å²) in [5.41, 5.74) is 0.877. The molecule has 0 aliphatic carbocycles. The molecule has 0 fully saturated rings. The minimum Gasteiger partial charge on any atom is -0.308 e. The summed E-state index contributed by atoms with van der Waals surface area (Å²) in [4.78, 5) is 14.9. The lowest BCUT2D eigenvalue weighted by Crippen LogP contribution is -2.39. The summed E-state index contributed by atoms with van der Waals surface area (Å²) in [5.74, 6) is 0.815. The molecule has 7 heteroatoms. The molecular formula is C20H25N5OS. The molecule has 3 rings (SSSR count). The summed E-state index contributed by atoms with van der Waals surface area (Å²) in [7, 11) is 0. The van der Waals surface area contributed by atoms with Crippen molar-refractivity contribution in [2.45, 2.75) is 46.2 Å². The Morgan fingerprint density at radius 1 is 1.15 bits per heavy atom. The second-order valence-electron chi connectivity index (χ2n) is 6.67. The highest BCUT2D eigenvalue weighted by atomic mass is 32.1. The predicted molar refractivity (Wildman–Crippen MR) is 109 cm³/mol. The minimum absolute atomic E-state index is 0.0347. The van der Waals surface area contributed by atoms with Crippen LogP contribution in [0.25, 0.3) is 0 Å². The Morgan fingerprint density at radius 3 is 2.41 bits per heavy atom. The van der Waals surface area contributed by atoms with Gasteiger partial charge in [0.15, 0.2) is 5.82 Å². The van der Waals surface area contributed by atoms with E-state index in [1.807, 2.05) is 78.1 Å². The molecule has 2 aromatic heterocycles. The van der Waals surface area contributed by atoms with Crippen molar-refractivity contribution in [2.24, 2.45) is 0 Å². The van der Waals surface area contributed by atoms with Gasteiger partial charge in [-0.1, -0.05) is 25.1 Å². The van der Waals surface area contributed by atoms with Crippen molar-refractivity contribution in [3.8, 4) is 0 Å². The number of aromatic nitrogens is 4. The number of hydrogen-bond donors (Lipinski definition) is 0. The molecule has 0 saturated carbocycles. The van der Waals surface area contributed by atoms with Crippen molar-refractivity contribution in [1.29, 1.82) is 0 Å². The maximum absolute atomic E-state index is 13.1. The van der Waals surface area contributed by atoms with E-state index >= 15 is 0 Å². The fourth-order valence-corrected chi connectivity index (χ4v) is 3.45. The fourth-order valence-electron chi connectivity index (χ4n) is 3.14. The van der Waals surface area contributed by atoms with Gasteiger partial charge in [0.2, 0.25) is 10.7 Å². The largest absolute Gasteiger partial charge is 0.308 e. The lowest BCUT2D eigenvalue weighted by molar-refractivity contribution is -0.119. The van der Waals surface area contributed by atoms with Gasteiger partial charge in [-0.25, -0.2) is 9.36 Å². The number of anilines is 1. The average Bonchev–Trinajstić information content (AvgIpc) is 3.25. The van der Waals surface area contributed by atoms with Gasteiger partial charge in [0.25, 0.3) is 0 Å². The van der Waals surface area contributed by atoms with E-state index in [0.717, 1.165) is 24.4 Å². The van der Waals surface area contributed by atoms with Gasteiger partial charge in [-0.2, -0.15) is 5.10 Å². The molecule has 0 aliphatic heterocycles. The van der Waals surface area contributed by atoms with Crippen molar-refractivity contribution in [3.63, 3.8) is 0 Å². The van der Waals surface area contributed by atoms with Gasteiger partial charge in [-0.3, -0.25) is 9.47 Å². The lowest BCUT2D eigenvalue weighted by atomic mass is 10.2. The van der Waals surface area contributed by atoms with Crippen molar-refractivity contribution in [2.75, 3.05) is 4.90 Å². The van der Waals surface area contributed by atoms with E-state index in [4.69, 9.17) is 12.2 Å². The van der Waals surface area contributed by atoms with Crippen molar-refractivity contribution in [3.05, 3.63) is 65.5 Å². The molecule has 1 aromatic carbocycles. The number of nitrogens with zero attached hydrogens (tertiary/aromatic N) is 5. The van der Waals surface area contributed by atoms with Crippen LogP contribution in [0.4, 0.5) is 5.69 Å². The highest BCUT2D eigenvalue weighted by molar-refractivity contribution is 7.71. The lowest BCUT2D eigenvalue weighted by Gasteiger charge is -2.26. The zero-order valence-corrected chi connectivity index (χ0v) is 16.8. The molecular weight excluding hydrogens is 358 g/mol. The van der Waals surface area contributed by atoms with Crippen LogP contribution in [-0.4, -0.2) is 31.1 Å². The first kappa shape index (κ1) is 19.1. The zero-order valence-electron chi connectivity index (χ0n) is 15.9. The summed E-state index contributed by atoms with van der Waals surface area (Å²) in [6, 6.07) is 13.6. The van der Waals surface area contributed by atoms with Crippen molar-refractivity contribution in [1.82, 2.24) is 19.1 Å². The van der Waals surface area contributed by atoms with E-state index in [1.165, 1.54) is 0 Å². The number of amides is 1. The number of para-hydroxylation sites is 1. The Hall–Kier alpha value is -2.67. The third-order valence-electron chi connectivity index (χ3n) is 4.28. The van der Waals surface area contributed by atoms with Crippen LogP contribution in [0.2, 0.25) is 0 Å². The molecule has 0 radical (unpaired) electrons. The highest BCUT2D eigenvalue weighted by Gasteiger charge is 2.21. The molecule has 27 heavy (non-hydrogen) atoms. The van der Waals surface area contributed by atoms with Crippen LogP contribution in [0.5, 0.6) is 0 Å². The maximum atomic E-state index is 13.1. The molecule has 6 nitrogen and oxygen atoms in total. The molecule has 2 heterocycles. The Labute approximate surface area is 164 Å². The predicted octanol–water partition coefficient (Wildman–Crippen LogP) is 3.92. The summed E-state index contributed by atoms with van der Waals surface area (Å²) < 4.78 is 5.92. The van der Waals surface area contributed by atoms with E-state index in [1.54, 1.807) is 9.58 Å². The molecule has 0 atom stereocenters. The monoisotopic (exact) mass is 383 g/mol. The van der Waals surface area contributed by atoms with Crippen LogP contribution >= 0.6 is 12.2 Å². The third kappa shape index (κ3) is 4.03. The number of carbonyl (C=O) groups is 1. The van der Waals surface area contributed by atoms with Crippen molar-refractivity contribution < 1.29 is 4.79 Å². The summed E-state index contributed by atoms with van der Waals surface area (Å²) in [6.45, 7) is 6.22. The topological polar surface area (TPSA) is 48.0 Å². The average molecular weight is 384 g/mol. The first-order valence-electron chi connectivity index (χ1n) is 9.22. The smallest absolute Gasteiger partial charge is 0.249 e. The normalized spacial score (nSPS) is 11.1. The second-order valence-corrected chi connectivity index (χ2v) is 7.04. The molecule has 0 bridgehead atoms. The van der Waals surface area contributed by atoms with E-state index in [9.17, 15) is 4.79 Å². The molecule has 0 unspecified atom stereocenters. The van der Waals surface area contributed by atoms with Crippen LogP contribution in [0.15, 0.2) is 54.9 Å². The van der Waals surface area contributed by atoms with Gasteiger partial charge >= 0.3 is 0 Å². The van der Waals surface area contributed by atoms with E-state index in [0.29, 0.717) is 4.77 Å².